The van der Waals surface area contributed by atoms with Gasteiger partial charge < -0.3 is 5.11 Å². The number of carbonyl (C=O) groups excluding carboxylic acids is 1. The molecule has 26 heavy (non-hydrogen) atoms. The number of nitrogens with zero attached hydrogens (tertiary/aromatic N) is 2. The van der Waals surface area contributed by atoms with Gasteiger partial charge in [0, 0.05) is 23.6 Å². The first-order chi connectivity index (χ1) is 12.5. The predicted molar refractivity (Wildman–Crippen MR) is 95.8 cm³/mol. The standard InChI is InChI=1S/C20H14N2O4/c21-11-13-1-3-15-4-5-16(9-17(15)7-13)20(24)10-18-8-14(12-23)2-6-19(18)22(25)26/h1-9,12,20,24H,10H2. The molecule has 0 aromatic heterocycles. The molecule has 0 radical (unpaired) electrons. The molecular formula is C20H14N2O4. The number of nitriles is 1. The zero-order valence-electron chi connectivity index (χ0n) is 13.6. The van der Waals surface area contributed by atoms with Crippen LogP contribution < -0.4 is 0 Å². The van der Waals surface area contributed by atoms with E-state index in [4.69, 9.17) is 5.26 Å². The second-order valence-corrected chi connectivity index (χ2v) is 5.92. The summed E-state index contributed by atoms with van der Waals surface area (Å²) < 4.78 is 0. The molecule has 0 saturated heterocycles. The zero-order valence-corrected chi connectivity index (χ0v) is 13.6. The van der Waals surface area contributed by atoms with Crippen LogP contribution >= 0.6 is 0 Å². The van der Waals surface area contributed by atoms with Gasteiger partial charge in [0.2, 0.25) is 0 Å². The highest BCUT2D eigenvalue weighted by atomic mass is 16.6. The van der Waals surface area contributed by atoms with Gasteiger partial charge in [0.15, 0.2) is 0 Å². The fraction of sp³-hybridized carbons (Fsp3) is 0.100. The Kier molecular flexibility index (Phi) is 4.74. The van der Waals surface area contributed by atoms with Gasteiger partial charge in [0.25, 0.3) is 5.69 Å². The van der Waals surface area contributed by atoms with Crippen molar-refractivity contribution >= 4 is 22.7 Å². The van der Waals surface area contributed by atoms with Crippen molar-refractivity contribution in [3.8, 4) is 6.07 Å². The van der Waals surface area contributed by atoms with Crippen molar-refractivity contribution in [2.45, 2.75) is 12.5 Å². The molecule has 0 bridgehead atoms. The number of hydrogen-bond donors (Lipinski definition) is 1. The summed E-state index contributed by atoms with van der Waals surface area (Å²) >= 11 is 0. The highest BCUT2D eigenvalue weighted by Gasteiger charge is 2.18. The lowest BCUT2D eigenvalue weighted by atomic mass is 9.96. The fourth-order valence-corrected chi connectivity index (χ4v) is 2.89. The molecule has 1 atom stereocenters. The molecule has 0 amide bonds. The summed E-state index contributed by atoms with van der Waals surface area (Å²) in [4.78, 5) is 21.6. The molecule has 6 heteroatoms. The number of carbonyl (C=O) groups is 1. The smallest absolute Gasteiger partial charge is 0.272 e. The molecule has 0 fully saturated rings. The van der Waals surface area contributed by atoms with E-state index in [2.05, 4.69) is 6.07 Å². The number of benzene rings is 3. The molecular weight excluding hydrogens is 332 g/mol. The largest absolute Gasteiger partial charge is 0.388 e. The third-order valence-corrected chi connectivity index (χ3v) is 4.23. The van der Waals surface area contributed by atoms with Crippen molar-refractivity contribution in [1.29, 1.82) is 5.26 Å². The molecule has 0 saturated carbocycles. The lowest BCUT2D eigenvalue weighted by molar-refractivity contribution is -0.385. The van der Waals surface area contributed by atoms with E-state index < -0.39 is 11.0 Å². The highest BCUT2D eigenvalue weighted by Crippen LogP contribution is 2.28. The topological polar surface area (TPSA) is 104 Å². The van der Waals surface area contributed by atoms with E-state index in [1.165, 1.54) is 18.2 Å². The quantitative estimate of drug-likeness (QED) is 0.431. The first kappa shape index (κ1) is 17.3. The lowest BCUT2D eigenvalue weighted by Crippen LogP contribution is -2.05. The second-order valence-electron chi connectivity index (χ2n) is 5.92. The Labute approximate surface area is 149 Å². The molecule has 1 unspecified atom stereocenters. The van der Waals surface area contributed by atoms with Gasteiger partial charge in [-0.25, -0.2) is 0 Å². The van der Waals surface area contributed by atoms with Crippen molar-refractivity contribution in [2.75, 3.05) is 0 Å². The summed E-state index contributed by atoms with van der Waals surface area (Å²) in [5.41, 5.74) is 1.56. The van der Waals surface area contributed by atoms with Crippen molar-refractivity contribution in [3.05, 3.63) is 87.0 Å². The number of nitro benzene ring substituents is 1. The van der Waals surface area contributed by atoms with Crippen molar-refractivity contribution in [1.82, 2.24) is 0 Å². The Morgan fingerprint density at radius 2 is 1.88 bits per heavy atom. The molecule has 0 spiro atoms. The molecule has 0 aliphatic heterocycles. The van der Waals surface area contributed by atoms with Crippen LogP contribution in [0.3, 0.4) is 0 Å². The normalized spacial score (nSPS) is 11.7. The summed E-state index contributed by atoms with van der Waals surface area (Å²) in [6.07, 6.45) is -0.369. The predicted octanol–water partition coefficient (Wildman–Crippen LogP) is 3.71. The Balaban J connectivity index is 1.96. The van der Waals surface area contributed by atoms with Crippen molar-refractivity contribution in [2.24, 2.45) is 0 Å². The zero-order chi connectivity index (χ0) is 18.7. The van der Waals surface area contributed by atoms with Gasteiger partial charge in [-0.15, -0.1) is 0 Å². The van der Waals surface area contributed by atoms with E-state index in [-0.39, 0.29) is 17.7 Å². The maximum absolute atomic E-state index is 11.2. The minimum Gasteiger partial charge on any atom is -0.388 e. The van der Waals surface area contributed by atoms with Crippen molar-refractivity contribution in [3.63, 3.8) is 0 Å². The summed E-state index contributed by atoms with van der Waals surface area (Å²) in [5, 5.41) is 32.5. The number of aldehydes is 1. The Morgan fingerprint density at radius 3 is 2.58 bits per heavy atom. The van der Waals surface area contributed by atoms with Crippen LogP contribution in [0, 0.1) is 21.4 Å². The summed E-state index contributed by atoms with van der Waals surface area (Å²) in [6, 6.07) is 16.7. The summed E-state index contributed by atoms with van der Waals surface area (Å²) in [5.74, 6) is 0. The summed E-state index contributed by atoms with van der Waals surface area (Å²) in [7, 11) is 0. The number of hydrogen-bond acceptors (Lipinski definition) is 5. The van der Waals surface area contributed by atoms with Crippen LogP contribution in [0.15, 0.2) is 54.6 Å². The average molecular weight is 346 g/mol. The molecule has 3 aromatic rings. The third kappa shape index (κ3) is 3.43. The monoisotopic (exact) mass is 346 g/mol. The highest BCUT2D eigenvalue weighted by molar-refractivity contribution is 5.84. The van der Waals surface area contributed by atoms with Crippen LogP contribution in [0.2, 0.25) is 0 Å². The molecule has 0 aliphatic rings. The number of aliphatic hydroxyl groups excluding tert-OH is 1. The maximum Gasteiger partial charge on any atom is 0.272 e. The van der Waals surface area contributed by atoms with Gasteiger partial charge >= 0.3 is 0 Å². The minimum absolute atomic E-state index is 0.00143. The van der Waals surface area contributed by atoms with Crippen LogP contribution in [-0.2, 0) is 6.42 Å². The van der Waals surface area contributed by atoms with Crippen LogP contribution in [0.1, 0.15) is 33.2 Å². The van der Waals surface area contributed by atoms with Gasteiger partial charge in [-0.3, -0.25) is 14.9 Å². The van der Waals surface area contributed by atoms with E-state index >= 15 is 0 Å². The Hall–Kier alpha value is -3.56. The maximum atomic E-state index is 11.2. The second kappa shape index (κ2) is 7.13. The van der Waals surface area contributed by atoms with E-state index in [1.807, 2.05) is 12.1 Å². The molecule has 128 valence electrons. The van der Waals surface area contributed by atoms with E-state index in [1.54, 1.807) is 24.3 Å². The Bertz CT molecular complexity index is 1050. The van der Waals surface area contributed by atoms with Gasteiger partial charge in [-0.2, -0.15) is 5.26 Å². The lowest BCUT2D eigenvalue weighted by Gasteiger charge is -2.13. The number of nitro groups is 1. The molecule has 3 aromatic carbocycles. The van der Waals surface area contributed by atoms with E-state index in [0.717, 1.165) is 10.8 Å². The SMILES string of the molecule is N#Cc1ccc2ccc(C(O)Cc3cc(C=O)ccc3[N+](=O)[O-])cc2c1. The van der Waals surface area contributed by atoms with Gasteiger partial charge in [0.1, 0.15) is 6.29 Å². The Morgan fingerprint density at radius 1 is 1.12 bits per heavy atom. The fourth-order valence-electron chi connectivity index (χ4n) is 2.89. The average Bonchev–Trinajstić information content (AvgIpc) is 2.66. The van der Waals surface area contributed by atoms with Gasteiger partial charge in [-0.05, 0) is 46.7 Å². The van der Waals surface area contributed by atoms with Gasteiger partial charge in [-0.1, -0.05) is 18.2 Å². The third-order valence-electron chi connectivity index (χ3n) is 4.23. The molecule has 0 aliphatic carbocycles. The number of aliphatic hydroxyl groups is 1. The van der Waals surface area contributed by atoms with E-state index in [0.29, 0.717) is 23.0 Å². The first-order valence-corrected chi connectivity index (χ1v) is 7.86. The number of fused-ring (bicyclic) bond motifs is 1. The number of rotatable bonds is 5. The molecule has 1 N–H and O–H groups in total. The molecule has 0 heterocycles. The molecule has 6 nitrogen and oxygen atoms in total. The summed E-state index contributed by atoms with van der Waals surface area (Å²) in [6.45, 7) is 0. The minimum atomic E-state index is -0.981. The van der Waals surface area contributed by atoms with E-state index in [9.17, 15) is 20.0 Å². The van der Waals surface area contributed by atoms with Crippen LogP contribution in [0.25, 0.3) is 10.8 Å². The van der Waals surface area contributed by atoms with Crippen molar-refractivity contribution < 1.29 is 14.8 Å². The van der Waals surface area contributed by atoms with Crippen LogP contribution in [-0.4, -0.2) is 16.3 Å². The molecule has 3 rings (SSSR count). The van der Waals surface area contributed by atoms with Crippen LogP contribution in [0.5, 0.6) is 0 Å². The van der Waals surface area contributed by atoms with Crippen LogP contribution in [0.4, 0.5) is 5.69 Å². The first-order valence-electron chi connectivity index (χ1n) is 7.86. The van der Waals surface area contributed by atoms with Gasteiger partial charge in [0.05, 0.1) is 22.7 Å².